The number of ether oxygens (including phenoxy) is 1. The van der Waals surface area contributed by atoms with E-state index in [-0.39, 0.29) is 24.0 Å². The van der Waals surface area contributed by atoms with Gasteiger partial charge in [-0.15, -0.1) is 16.4 Å². The van der Waals surface area contributed by atoms with E-state index >= 15 is 0 Å². The first-order valence-corrected chi connectivity index (χ1v) is 13.2. The van der Waals surface area contributed by atoms with Crippen molar-refractivity contribution < 1.29 is 9.53 Å². The number of pyridine rings is 1. The molecule has 5 heterocycles. The standard InChI is InChI=1S/C25H19Cl2N7O3S/c1-37-22(36)11-16-4-7-20(38-16)23-24(27)30-25(29-23)19-6-3-15-8-13(9-21(35)34(15)19)17-10-14(26)2-5-18(17)33-12-28-31-32-33/h2,4-5,7-10,12,19H,3,6,11H2,1H3,(H,29,30)/t19-/m0/s1. The molecule has 0 fully saturated rings. The van der Waals surface area contributed by atoms with Gasteiger partial charge in [-0.1, -0.05) is 23.2 Å². The van der Waals surface area contributed by atoms with Gasteiger partial charge in [0.2, 0.25) is 0 Å². The number of nitrogens with one attached hydrogen (secondary N) is 1. The molecule has 4 aromatic heterocycles. The third-order valence-corrected chi connectivity index (χ3v) is 8.06. The van der Waals surface area contributed by atoms with Gasteiger partial charge in [-0.3, -0.25) is 9.59 Å². The number of carbonyl (C=O) groups excluding carboxylic acids is 1. The fourth-order valence-electron chi connectivity index (χ4n) is 4.73. The summed E-state index contributed by atoms with van der Waals surface area (Å²) in [6.45, 7) is 0. The summed E-state index contributed by atoms with van der Waals surface area (Å²) in [6.07, 6.45) is 3.06. The van der Waals surface area contributed by atoms with Gasteiger partial charge in [0.1, 0.15) is 12.2 Å². The first-order valence-electron chi connectivity index (χ1n) is 11.6. The number of fused-ring (bicyclic) bond motifs is 1. The Kier molecular flexibility index (Phi) is 6.34. The van der Waals surface area contributed by atoms with Crippen LogP contribution >= 0.6 is 34.5 Å². The van der Waals surface area contributed by atoms with Crippen molar-refractivity contribution in [1.29, 1.82) is 0 Å². The molecule has 0 radical (unpaired) electrons. The van der Waals surface area contributed by atoms with Crippen LogP contribution in [-0.4, -0.2) is 47.8 Å². The molecule has 0 aliphatic carbocycles. The van der Waals surface area contributed by atoms with E-state index in [9.17, 15) is 9.59 Å². The highest BCUT2D eigenvalue weighted by molar-refractivity contribution is 7.15. The molecule has 1 aromatic carbocycles. The number of H-pyrrole nitrogens is 1. The van der Waals surface area contributed by atoms with Gasteiger partial charge in [0.15, 0.2) is 5.15 Å². The summed E-state index contributed by atoms with van der Waals surface area (Å²) >= 11 is 14.2. The van der Waals surface area contributed by atoms with Crippen molar-refractivity contribution in [1.82, 2.24) is 34.7 Å². The van der Waals surface area contributed by atoms with Gasteiger partial charge < -0.3 is 14.3 Å². The number of aromatic amines is 1. The molecule has 13 heteroatoms. The minimum atomic E-state index is -0.307. The lowest BCUT2D eigenvalue weighted by Gasteiger charge is -2.15. The molecule has 5 aromatic rings. The Hall–Kier alpha value is -3.80. The van der Waals surface area contributed by atoms with Crippen molar-refractivity contribution in [3.05, 3.63) is 85.7 Å². The molecule has 1 aliphatic heterocycles. The largest absolute Gasteiger partial charge is 0.469 e. The van der Waals surface area contributed by atoms with E-state index in [1.807, 2.05) is 24.3 Å². The fourth-order valence-corrected chi connectivity index (χ4v) is 6.20. The second-order valence-corrected chi connectivity index (χ2v) is 10.7. The summed E-state index contributed by atoms with van der Waals surface area (Å²) in [7, 11) is 1.36. The monoisotopic (exact) mass is 567 g/mol. The third-order valence-electron chi connectivity index (χ3n) is 6.45. The summed E-state index contributed by atoms with van der Waals surface area (Å²) < 4.78 is 8.03. The number of carbonyl (C=O) groups is 1. The summed E-state index contributed by atoms with van der Waals surface area (Å²) in [5.74, 6) is 0.303. The lowest BCUT2D eigenvalue weighted by Crippen LogP contribution is -2.23. The number of hydrogen-bond donors (Lipinski definition) is 1. The van der Waals surface area contributed by atoms with E-state index in [1.54, 1.807) is 22.8 Å². The average molecular weight is 568 g/mol. The van der Waals surface area contributed by atoms with E-state index in [2.05, 4.69) is 25.5 Å². The van der Waals surface area contributed by atoms with Crippen LogP contribution < -0.4 is 5.56 Å². The quantitative estimate of drug-likeness (QED) is 0.300. The summed E-state index contributed by atoms with van der Waals surface area (Å²) in [6, 6.07) is 12.4. The van der Waals surface area contributed by atoms with Gasteiger partial charge >= 0.3 is 5.97 Å². The average Bonchev–Trinajstić information content (AvgIpc) is 3.70. The molecule has 0 spiro atoms. The van der Waals surface area contributed by atoms with Crippen LogP contribution in [0.3, 0.4) is 0 Å². The molecule has 38 heavy (non-hydrogen) atoms. The predicted molar refractivity (Wildman–Crippen MR) is 143 cm³/mol. The molecular formula is C25H19Cl2N7O3S. The zero-order chi connectivity index (χ0) is 26.4. The van der Waals surface area contributed by atoms with Crippen LogP contribution in [0, 0.1) is 0 Å². The molecule has 0 amide bonds. The molecule has 1 N–H and O–H groups in total. The van der Waals surface area contributed by atoms with Gasteiger partial charge in [-0.25, -0.2) is 4.98 Å². The second kappa shape index (κ2) is 9.82. The van der Waals surface area contributed by atoms with Crippen LogP contribution in [0.4, 0.5) is 0 Å². The number of methoxy groups -OCH3 is 1. The second-order valence-electron chi connectivity index (χ2n) is 8.72. The van der Waals surface area contributed by atoms with E-state index < -0.39 is 0 Å². The maximum atomic E-state index is 13.4. The van der Waals surface area contributed by atoms with Crippen LogP contribution in [0.15, 0.2) is 53.6 Å². The number of aryl methyl sites for hydroxylation is 1. The lowest BCUT2D eigenvalue weighted by molar-refractivity contribution is -0.139. The highest BCUT2D eigenvalue weighted by Crippen LogP contribution is 2.37. The van der Waals surface area contributed by atoms with Crippen molar-refractivity contribution >= 4 is 40.5 Å². The summed E-state index contributed by atoms with van der Waals surface area (Å²) in [4.78, 5) is 34.6. The number of hydrogen-bond acceptors (Lipinski definition) is 8. The molecule has 6 rings (SSSR count). The number of esters is 1. The molecule has 10 nitrogen and oxygen atoms in total. The van der Waals surface area contributed by atoms with Crippen LogP contribution in [0.1, 0.15) is 28.9 Å². The van der Waals surface area contributed by atoms with Crippen LogP contribution in [0.2, 0.25) is 10.2 Å². The molecule has 0 unspecified atom stereocenters. The van der Waals surface area contributed by atoms with Crippen molar-refractivity contribution in [2.45, 2.75) is 25.3 Å². The van der Waals surface area contributed by atoms with Crippen LogP contribution in [-0.2, 0) is 22.4 Å². The van der Waals surface area contributed by atoms with E-state index in [1.165, 1.54) is 29.5 Å². The summed E-state index contributed by atoms with van der Waals surface area (Å²) in [5, 5.41) is 12.3. The SMILES string of the molecule is COC(=O)Cc1ccc(-c2[nH]c([C@@H]3CCc4cc(-c5cc(Cl)ccc5-n5cnnn5)cc(=O)n43)nc2Cl)s1. The Morgan fingerprint density at radius 1 is 1.21 bits per heavy atom. The number of aromatic nitrogens is 7. The highest BCUT2D eigenvalue weighted by Gasteiger charge is 2.29. The Balaban J connectivity index is 1.34. The van der Waals surface area contributed by atoms with E-state index in [4.69, 9.17) is 27.9 Å². The van der Waals surface area contributed by atoms with Crippen molar-refractivity contribution in [2.75, 3.05) is 7.11 Å². The molecule has 0 saturated carbocycles. The normalized spacial score (nSPS) is 14.6. The number of thiophene rings is 1. The van der Waals surface area contributed by atoms with Gasteiger partial charge in [0.25, 0.3) is 5.56 Å². The minimum Gasteiger partial charge on any atom is -0.469 e. The first kappa shape index (κ1) is 24.5. The minimum absolute atomic E-state index is 0.159. The molecule has 0 bridgehead atoms. The van der Waals surface area contributed by atoms with Crippen molar-refractivity contribution in [2.24, 2.45) is 0 Å². The number of imidazole rings is 1. The van der Waals surface area contributed by atoms with Crippen molar-refractivity contribution in [3.63, 3.8) is 0 Å². The third kappa shape index (κ3) is 4.42. The van der Waals surface area contributed by atoms with Gasteiger partial charge in [-0.05, 0) is 65.2 Å². The van der Waals surface area contributed by atoms with Gasteiger partial charge in [0.05, 0.1) is 35.8 Å². The van der Waals surface area contributed by atoms with Crippen LogP contribution in [0.25, 0.3) is 27.4 Å². The van der Waals surface area contributed by atoms with Crippen molar-refractivity contribution in [3.8, 4) is 27.4 Å². The smallest absolute Gasteiger partial charge is 0.310 e. The van der Waals surface area contributed by atoms with E-state index in [0.717, 1.165) is 26.6 Å². The molecular weight excluding hydrogens is 549 g/mol. The Labute approximate surface area is 229 Å². The number of nitrogens with zero attached hydrogens (tertiary/aromatic N) is 6. The maximum Gasteiger partial charge on any atom is 0.310 e. The van der Waals surface area contributed by atoms with Crippen LogP contribution in [0.5, 0.6) is 0 Å². The predicted octanol–water partition coefficient (Wildman–Crippen LogP) is 4.50. The summed E-state index contributed by atoms with van der Waals surface area (Å²) in [5.41, 5.74) is 3.57. The lowest BCUT2D eigenvalue weighted by atomic mass is 10.0. The Morgan fingerprint density at radius 3 is 2.87 bits per heavy atom. The number of rotatable bonds is 6. The fraction of sp³-hybridized carbons (Fsp3) is 0.200. The van der Waals surface area contributed by atoms with Gasteiger partial charge in [-0.2, -0.15) is 4.68 Å². The Bertz CT molecular complexity index is 1730. The number of tetrazole rings is 1. The Morgan fingerprint density at radius 2 is 2.08 bits per heavy atom. The molecule has 1 atom stereocenters. The molecule has 1 aliphatic rings. The molecule has 0 saturated heterocycles. The van der Waals surface area contributed by atoms with E-state index in [0.29, 0.717) is 40.2 Å². The highest BCUT2D eigenvalue weighted by atomic mass is 35.5. The maximum absolute atomic E-state index is 13.4. The zero-order valence-electron chi connectivity index (χ0n) is 19.9. The number of halogens is 2. The first-order chi connectivity index (χ1) is 18.4. The molecule has 192 valence electrons. The van der Waals surface area contributed by atoms with Gasteiger partial charge in [0, 0.05) is 27.2 Å². The topological polar surface area (TPSA) is 121 Å². The zero-order valence-corrected chi connectivity index (χ0v) is 22.2. The number of benzene rings is 1.